The van der Waals surface area contributed by atoms with Crippen molar-refractivity contribution in [3.8, 4) is 0 Å². The van der Waals surface area contributed by atoms with E-state index in [-0.39, 0.29) is 0 Å². The summed E-state index contributed by atoms with van der Waals surface area (Å²) in [5.74, 6) is 0. The number of hydrogen-bond acceptors (Lipinski definition) is 1. The third-order valence-corrected chi connectivity index (χ3v) is 3.10. The predicted octanol–water partition coefficient (Wildman–Crippen LogP) is 3.39. The molecular formula is C14H18N2S. The highest BCUT2D eigenvalue weighted by Gasteiger charge is 2.09. The highest BCUT2D eigenvalue weighted by Crippen LogP contribution is 2.11. The van der Waals surface area contributed by atoms with Crippen LogP contribution in [0, 0.1) is 6.92 Å². The van der Waals surface area contributed by atoms with E-state index in [1.807, 2.05) is 12.1 Å². The number of allylic oxidation sites excluding steroid dienone is 1. The number of thiocarbonyl (C=S) groups is 1. The highest BCUT2D eigenvalue weighted by atomic mass is 32.1. The second-order valence-corrected chi connectivity index (χ2v) is 4.84. The van der Waals surface area contributed by atoms with Crippen LogP contribution in [0.5, 0.6) is 0 Å². The summed E-state index contributed by atoms with van der Waals surface area (Å²) in [6.07, 6.45) is 8.01. The molecule has 2 N–H and O–H groups in total. The molecule has 0 saturated carbocycles. The van der Waals surface area contributed by atoms with Gasteiger partial charge in [0.25, 0.3) is 0 Å². The molecule has 17 heavy (non-hydrogen) atoms. The van der Waals surface area contributed by atoms with Gasteiger partial charge in [0.1, 0.15) is 0 Å². The first-order valence-electron chi connectivity index (χ1n) is 6.05. The predicted molar refractivity (Wildman–Crippen MR) is 77.3 cm³/mol. The summed E-state index contributed by atoms with van der Waals surface area (Å²) < 4.78 is 0. The van der Waals surface area contributed by atoms with E-state index in [2.05, 4.69) is 41.8 Å². The SMILES string of the molecule is Cc1ccc(NC(=S)NC2C=CCCC2)cc1. The Morgan fingerprint density at radius 1 is 1.29 bits per heavy atom. The van der Waals surface area contributed by atoms with Gasteiger partial charge in [0.2, 0.25) is 0 Å². The third-order valence-electron chi connectivity index (χ3n) is 2.88. The number of nitrogens with one attached hydrogen (secondary N) is 2. The molecule has 0 amide bonds. The van der Waals surface area contributed by atoms with Crippen LogP contribution in [0.15, 0.2) is 36.4 Å². The van der Waals surface area contributed by atoms with Crippen LogP contribution in [0.2, 0.25) is 0 Å². The summed E-state index contributed by atoms with van der Waals surface area (Å²) in [5.41, 5.74) is 2.29. The second kappa shape index (κ2) is 5.82. The quantitative estimate of drug-likeness (QED) is 0.618. The van der Waals surface area contributed by atoms with Crippen molar-refractivity contribution in [2.75, 3.05) is 5.32 Å². The van der Waals surface area contributed by atoms with Crippen LogP contribution < -0.4 is 10.6 Å². The van der Waals surface area contributed by atoms with Gasteiger partial charge in [-0.2, -0.15) is 0 Å². The molecule has 90 valence electrons. The van der Waals surface area contributed by atoms with Gasteiger partial charge in [-0.15, -0.1) is 0 Å². The minimum atomic E-state index is 0.384. The summed E-state index contributed by atoms with van der Waals surface area (Å²) in [5, 5.41) is 7.22. The largest absolute Gasteiger partial charge is 0.356 e. The van der Waals surface area contributed by atoms with Crippen LogP contribution in [-0.4, -0.2) is 11.2 Å². The lowest BCUT2D eigenvalue weighted by atomic mass is 10.0. The van der Waals surface area contributed by atoms with Crippen molar-refractivity contribution >= 4 is 23.0 Å². The molecule has 0 radical (unpaired) electrons. The van der Waals surface area contributed by atoms with E-state index >= 15 is 0 Å². The van der Waals surface area contributed by atoms with Crippen LogP contribution >= 0.6 is 12.2 Å². The van der Waals surface area contributed by atoms with Crippen molar-refractivity contribution in [1.29, 1.82) is 0 Å². The molecule has 3 heteroatoms. The zero-order chi connectivity index (χ0) is 12.1. The molecule has 1 aliphatic rings. The van der Waals surface area contributed by atoms with E-state index < -0.39 is 0 Å². The van der Waals surface area contributed by atoms with E-state index in [0.717, 1.165) is 12.1 Å². The molecule has 1 aromatic rings. The fourth-order valence-electron chi connectivity index (χ4n) is 1.91. The number of hydrogen-bond donors (Lipinski definition) is 2. The van der Waals surface area contributed by atoms with Crippen LogP contribution in [0.1, 0.15) is 24.8 Å². The van der Waals surface area contributed by atoms with E-state index in [1.54, 1.807) is 0 Å². The first-order chi connectivity index (χ1) is 8.24. The topological polar surface area (TPSA) is 24.1 Å². The molecule has 0 heterocycles. The third kappa shape index (κ3) is 3.86. The zero-order valence-corrected chi connectivity index (χ0v) is 10.9. The van der Waals surface area contributed by atoms with Crippen molar-refractivity contribution in [3.05, 3.63) is 42.0 Å². The smallest absolute Gasteiger partial charge is 0.171 e. The Morgan fingerprint density at radius 3 is 2.71 bits per heavy atom. The van der Waals surface area contributed by atoms with Gasteiger partial charge < -0.3 is 10.6 Å². The maximum absolute atomic E-state index is 5.29. The van der Waals surface area contributed by atoms with Crippen LogP contribution in [-0.2, 0) is 0 Å². The lowest BCUT2D eigenvalue weighted by Gasteiger charge is -2.20. The van der Waals surface area contributed by atoms with E-state index in [4.69, 9.17) is 12.2 Å². The minimum Gasteiger partial charge on any atom is -0.356 e. The lowest BCUT2D eigenvalue weighted by Crippen LogP contribution is -2.37. The van der Waals surface area contributed by atoms with Crippen molar-refractivity contribution in [2.24, 2.45) is 0 Å². The van der Waals surface area contributed by atoms with Crippen LogP contribution in [0.25, 0.3) is 0 Å². The Hall–Kier alpha value is -1.35. The number of anilines is 1. The lowest BCUT2D eigenvalue weighted by molar-refractivity contribution is 0.603. The van der Waals surface area contributed by atoms with Gasteiger partial charge in [-0.25, -0.2) is 0 Å². The molecule has 1 aromatic carbocycles. The van der Waals surface area contributed by atoms with Crippen molar-refractivity contribution in [3.63, 3.8) is 0 Å². The molecule has 2 rings (SSSR count). The Balaban J connectivity index is 1.86. The summed E-state index contributed by atoms with van der Waals surface area (Å²) in [7, 11) is 0. The normalized spacial score (nSPS) is 18.8. The second-order valence-electron chi connectivity index (χ2n) is 4.43. The maximum atomic E-state index is 5.29. The number of rotatable bonds is 2. The maximum Gasteiger partial charge on any atom is 0.171 e. The molecular weight excluding hydrogens is 228 g/mol. The van der Waals surface area contributed by atoms with Gasteiger partial charge in [-0.05, 0) is 50.5 Å². The van der Waals surface area contributed by atoms with Gasteiger partial charge in [-0.3, -0.25) is 0 Å². The summed E-state index contributed by atoms with van der Waals surface area (Å²) in [4.78, 5) is 0. The van der Waals surface area contributed by atoms with E-state index in [1.165, 1.54) is 18.4 Å². The fraction of sp³-hybridized carbons (Fsp3) is 0.357. The molecule has 0 spiro atoms. The molecule has 0 aromatic heterocycles. The summed E-state index contributed by atoms with van der Waals surface area (Å²) in [6, 6.07) is 8.62. The van der Waals surface area contributed by atoms with Gasteiger partial charge in [-0.1, -0.05) is 29.8 Å². The first-order valence-corrected chi connectivity index (χ1v) is 6.46. The highest BCUT2D eigenvalue weighted by molar-refractivity contribution is 7.80. The van der Waals surface area contributed by atoms with Crippen LogP contribution in [0.3, 0.4) is 0 Å². The summed E-state index contributed by atoms with van der Waals surface area (Å²) in [6.45, 7) is 2.08. The molecule has 0 aliphatic heterocycles. The van der Waals surface area contributed by atoms with Crippen molar-refractivity contribution in [2.45, 2.75) is 32.2 Å². The van der Waals surface area contributed by atoms with E-state index in [9.17, 15) is 0 Å². The average Bonchev–Trinajstić information content (AvgIpc) is 2.33. The molecule has 2 nitrogen and oxygen atoms in total. The number of aryl methyl sites for hydroxylation is 1. The molecule has 0 fully saturated rings. The van der Waals surface area contributed by atoms with Gasteiger partial charge in [0, 0.05) is 11.7 Å². The molecule has 0 saturated heterocycles. The Morgan fingerprint density at radius 2 is 2.06 bits per heavy atom. The van der Waals surface area contributed by atoms with Crippen molar-refractivity contribution in [1.82, 2.24) is 5.32 Å². The Kier molecular flexibility index (Phi) is 4.15. The molecule has 0 bridgehead atoms. The Bertz CT molecular complexity index is 409. The zero-order valence-electron chi connectivity index (χ0n) is 10.1. The van der Waals surface area contributed by atoms with Gasteiger partial charge >= 0.3 is 0 Å². The number of benzene rings is 1. The monoisotopic (exact) mass is 246 g/mol. The van der Waals surface area contributed by atoms with E-state index in [0.29, 0.717) is 11.2 Å². The molecule has 1 atom stereocenters. The van der Waals surface area contributed by atoms with Gasteiger partial charge in [0.15, 0.2) is 5.11 Å². The minimum absolute atomic E-state index is 0.384. The first kappa shape index (κ1) is 12.1. The van der Waals surface area contributed by atoms with Crippen LogP contribution in [0.4, 0.5) is 5.69 Å². The Labute approximate surface area is 108 Å². The van der Waals surface area contributed by atoms with Gasteiger partial charge in [0.05, 0.1) is 0 Å². The molecule has 1 aliphatic carbocycles. The van der Waals surface area contributed by atoms with Crippen molar-refractivity contribution < 1.29 is 0 Å². The fourth-order valence-corrected chi connectivity index (χ4v) is 2.17. The molecule has 1 unspecified atom stereocenters. The standard InChI is InChI=1S/C14H18N2S/c1-11-7-9-13(10-8-11)16-14(17)15-12-5-3-2-4-6-12/h3,5,7-10,12H,2,4,6H2,1H3,(H2,15,16,17). The average molecular weight is 246 g/mol. The summed E-state index contributed by atoms with van der Waals surface area (Å²) >= 11 is 5.29.